The average Bonchev–Trinajstić information content (AvgIpc) is 3.50. The van der Waals surface area contributed by atoms with E-state index >= 15 is 0 Å². The molecule has 1 aromatic heterocycles. The lowest BCUT2D eigenvalue weighted by Gasteiger charge is -2.28. The van der Waals surface area contributed by atoms with Crippen molar-refractivity contribution in [1.29, 1.82) is 0 Å². The molecule has 0 saturated heterocycles. The number of hydrogen-bond donors (Lipinski definition) is 1. The molecule has 0 unspecified atom stereocenters. The van der Waals surface area contributed by atoms with E-state index in [9.17, 15) is 0 Å². The number of nitrogens with zero attached hydrogens (tertiary/aromatic N) is 1. The highest BCUT2D eigenvalue weighted by Gasteiger charge is 2.35. The maximum atomic E-state index is 3.54. The first-order valence-electron chi connectivity index (χ1n) is 14.3. The molecule has 0 amide bonds. The van der Waals surface area contributed by atoms with Gasteiger partial charge in [-0.1, -0.05) is 98.8 Å². The molecule has 1 heterocycles. The predicted molar refractivity (Wildman–Crippen MR) is 173 cm³/mol. The van der Waals surface area contributed by atoms with Gasteiger partial charge in [-0.2, -0.15) is 0 Å². The number of anilines is 3. The van der Waals surface area contributed by atoms with Gasteiger partial charge in [-0.15, -0.1) is 0 Å². The van der Waals surface area contributed by atoms with Gasteiger partial charge in [0.2, 0.25) is 0 Å². The summed E-state index contributed by atoms with van der Waals surface area (Å²) in [5.74, 6) is 0. The van der Waals surface area contributed by atoms with Crippen LogP contribution in [0.1, 0.15) is 25.0 Å². The zero-order chi connectivity index (χ0) is 27.6. The van der Waals surface area contributed by atoms with E-state index in [4.69, 9.17) is 0 Å². The zero-order valence-corrected chi connectivity index (χ0v) is 23.2. The van der Waals surface area contributed by atoms with Crippen LogP contribution < -0.4 is 4.90 Å². The summed E-state index contributed by atoms with van der Waals surface area (Å²) in [6.07, 6.45) is 0. The first kappa shape index (κ1) is 23.8. The fourth-order valence-corrected chi connectivity index (χ4v) is 6.69. The molecule has 1 aliphatic carbocycles. The van der Waals surface area contributed by atoms with Gasteiger partial charge in [0.25, 0.3) is 0 Å². The predicted octanol–water partition coefficient (Wildman–Crippen LogP) is 10.8. The van der Waals surface area contributed by atoms with Crippen LogP contribution in [0.5, 0.6) is 0 Å². The quantitative estimate of drug-likeness (QED) is 0.242. The molecule has 196 valence electrons. The van der Waals surface area contributed by atoms with Gasteiger partial charge >= 0.3 is 0 Å². The summed E-state index contributed by atoms with van der Waals surface area (Å²) in [6, 6.07) is 50.7. The SMILES string of the molecule is CC1(C)c2ccccc2-c2ccc(N(c3ccccc3)c3ccc(-c4ccc5[nH]c6ccccc6c5c4)cc3)cc21. The fraction of sp³-hybridized carbons (Fsp3) is 0.0769. The molecule has 1 aliphatic rings. The maximum Gasteiger partial charge on any atom is 0.0465 e. The molecule has 0 spiro atoms. The third-order valence-corrected chi connectivity index (χ3v) is 8.80. The van der Waals surface area contributed by atoms with Gasteiger partial charge in [-0.25, -0.2) is 0 Å². The third kappa shape index (κ3) is 3.72. The van der Waals surface area contributed by atoms with Crippen molar-refractivity contribution in [3.8, 4) is 22.3 Å². The molecule has 0 radical (unpaired) electrons. The molecule has 6 aromatic carbocycles. The number of benzene rings is 6. The average molecular weight is 527 g/mol. The van der Waals surface area contributed by atoms with E-state index in [0.29, 0.717) is 0 Å². The Hall–Kier alpha value is -5.08. The molecule has 8 rings (SSSR count). The van der Waals surface area contributed by atoms with Crippen LogP contribution in [0.3, 0.4) is 0 Å². The highest BCUT2D eigenvalue weighted by atomic mass is 15.1. The van der Waals surface area contributed by atoms with E-state index in [-0.39, 0.29) is 5.41 Å². The van der Waals surface area contributed by atoms with Crippen LogP contribution in [-0.4, -0.2) is 4.98 Å². The van der Waals surface area contributed by atoms with Crippen molar-refractivity contribution in [2.24, 2.45) is 0 Å². The molecule has 7 aromatic rings. The number of para-hydroxylation sites is 2. The van der Waals surface area contributed by atoms with Crippen molar-refractivity contribution < 1.29 is 0 Å². The van der Waals surface area contributed by atoms with Crippen LogP contribution in [0.15, 0.2) is 140 Å². The Morgan fingerprint density at radius 1 is 0.463 bits per heavy atom. The monoisotopic (exact) mass is 526 g/mol. The van der Waals surface area contributed by atoms with Crippen LogP contribution in [0.4, 0.5) is 17.1 Å². The summed E-state index contributed by atoms with van der Waals surface area (Å²) in [5, 5.41) is 2.52. The molecule has 2 nitrogen and oxygen atoms in total. The lowest BCUT2D eigenvalue weighted by atomic mass is 9.82. The van der Waals surface area contributed by atoms with Gasteiger partial charge in [0.15, 0.2) is 0 Å². The highest BCUT2D eigenvalue weighted by molar-refractivity contribution is 6.08. The topological polar surface area (TPSA) is 19.0 Å². The number of fused-ring (bicyclic) bond motifs is 6. The van der Waals surface area contributed by atoms with Crippen molar-refractivity contribution >= 4 is 38.9 Å². The first-order chi connectivity index (χ1) is 20.1. The second kappa shape index (κ2) is 8.97. The Morgan fingerprint density at radius 3 is 1.95 bits per heavy atom. The van der Waals surface area contributed by atoms with Crippen LogP contribution in [0, 0.1) is 0 Å². The number of aromatic nitrogens is 1. The molecule has 41 heavy (non-hydrogen) atoms. The van der Waals surface area contributed by atoms with E-state index in [1.54, 1.807) is 0 Å². The van der Waals surface area contributed by atoms with E-state index < -0.39 is 0 Å². The van der Waals surface area contributed by atoms with Crippen LogP contribution in [-0.2, 0) is 5.41 Å². The Balaban J connectivity index is 1.21. The first-order valence-corrected chi connectivity index (χ1v) is 14.3. The van der Waals surface area contributed by atoms with Crippen LogP contribution in [0.2, 0.25) is 0 Å². The summed E-state index contributed by atoms with van der Waals surface area (Å²) >= 11 is 0. The van der Waals surface area contributed by atoms with Gasteiger partial charge in [-0.05, 0) is 88.0 Å². The van der Waals surface area contributed by atoms with Crippen LogP contribution >= 0.6 is 0 Å². The second-order valence-corrected chi connectivity index (χ2v) is 11.5. The Bertz CT molecular complexity index is 2060. The number of hydrogen-bond acceptors (Lipinski definition) is 1. The zero-order valence-electron chi connectivity index (χ0n) is 23.2. The van der Waals surface area contributed by atoms with Crippen molar-refractivity contribution in [1.82, 2.24) is 4.98 Å². The second-order valence-electron chi connectivity index (χ2n) is 11.5. The summed E-state index contributed by atoms with van der Waals surface area (Å²) in [7, 11) is 0. The molecular weight excluding hydrogens is 496 g/mol. The Labute approximate surface area is 240 Å². The smallest absolute Gasteiger partial charge is 0.0465 e. The maximum absolute atomic E-state index is 3.54. The van der Waals surface area contributed by atoms with Crippen LogP contribution in [0.25, 0.3) is 44.1 Å². The lowest BCUT2D eigenvalue weighted by Crippen LogP contribution is -2.16. The molecule has 0 fully saturated rings. The standard InChI is InChI=1S/C39H30N2/c1-39(2)35-14-8-6-12-31(35)32-22-21-30(25-36(32)39)41(28-10-4-3-5-11-28)29-19-16-26(17-20-29)27-18-23-38-34(24-27)33-13-7-9-15-37(33)40-38/h3-25,40H,1-2H3. The van der Waals surface area contributed by atoms with Crippen molar-refractivity contribution in [3.05, 3.63) is 151 Å². The van der Waals surface area contributed by atoms with E-state index in [1.165, 1.54) is 60.9 Å². The lowest BCUT2D eigenvalue weighted by molar-refractivity contribution is 0.660. The summed E-state index contributed by atoms with van der Waals surface area (Å²) in [6.45, 7) is 4.68. The largest absolute Gasteiger partial charge is 0.355 e. The molecule has 0 aliphatic heterocycles. The third-order valence-electron chi connectivity index (χ3n) is 8.80. The number of H-pyrrole nitrogens is 1. The summed E-state index contributed by atoms with van der Waals surface area (Å²) < 4.78 is 0. The normalized spacial score (nSPS) is 13.3. The molecule has 1 N–H and O–H groups in total. The van der Waals surface area contributed by atoms with Crippen molar-refractivity contribution in [3.63, 3.8) is 0 Å². The highest BCUT2D eigenvalue weighted by Crippen LogP contribution is 2.50. The summed E-state index contributed by atoms with van der Waals surface area (Å²) in [4.78, 5) is 5.91. The van der Waals surface area contributed by atoms with E-state index in [0.717, 1.165) is 11.4 Å². The minimum Gasteiger partial charge on any atom is -0.355 e. The van der Waals surface area contributed by atoms with Crippen molar-refractivity contribution in [2.45, 2.75) is 19.3 Å². The minimum absolute atomic E-state index is 0.0464. The van der Waals surface area contributed by atoms with E-state index in [1.807, 2.05) is 0 Å². The van der Waals surface area contributed by atoms with Gasteiger partial charge in [-0.3, -0.25) is 0 Å². The van der Waals surface area contributed by atoms with Crippen molar-refractivity contribution in [2.75, 3.05) is 4.90 Å². The fourth-order valence-electron chi connectivity index (χ4n) is 6.69. The summed E-state index contributed by atoms with van der Waals surface area (Å²) in [5.41, 5.74) is 13.6. The van der Waals surface area contributed by atoms with Gasteiger partial charge in [0.1, 0.15) is 0 Å². The van der Waals surface area contributed by atoms with E-state index in [2.05, 4.69) is 163 Å². The molecular formula is C39H30N2. The van der Waals surface area contributed by atoms with Gasteiger partial charge in [0.05, 0.1) is 0 Å². The molecule has 2 heteroatoms. The Morgan fingerprint density at radius 2 is 1.10 bits per heavy atom. The molecule has 0 bridgehead atoms. The number of rotatable bonds is 4. The van der Waals surface area contributed by atoms with Gasteiger partial charge in [0, 0.05) is 44.3 Å². The number of nitrogens with one attached hydrogen (secondary N) is 1. The molecule has 0 saturated carbocycles. The Kier molecular flexibility index (Phi) is 5.20. The minimum atomic E-state index is -0.0464. The molecule has 0 atom stereocenters. The number of aromatic amines is 1. The van der Waals surface area contributed by atoms with Gasteiger partial charge < -0.3 is 9.88 Å².